The fraction of sp³-hybridized carbons (Fsp3) is 0.625. The van der Waals surface area contributed by atoms with Crippen LogP contribution in [0, 0.1) is 11.7 Å². The van der Waals surface area contributed by atoms with E-state index in [1.165, 1.54) is 18.9 Å². The van der Waals surface area contributed by atoms with E-state index in [0.717, 1.165) is 49.1 Å². The lowest BCUT2D eigenvalue weighted by molar-refractivity contribution is 0.122. The number of phenolic OH excluding ortho intramolecular Hbond substituents is 1. The smallest absolute Gasteiger partial charge is 0.165 e. The molecule has 2 aliphatic rings. The first-order valence-corrected chi connectivity index (χ1v) is 8.59. The van der Waals surface area contributed by atoms with Crippen molar-refractivity contribution < 1.29 is 9.50 Å². The second kappa shape index (κ2) is 6.63. The van der Waals surface area contributed by atoms with Crippen LogP contribution in [-0.4, -0.2) is 36.2 Å². The van der Waals surface area contributed by atoms with E-state index in [9.17, 15) is 9.50 Å². The number of aromatic hydroxyl groups is 1. The lowest BCUT2D eigenvalue weighted by atomic mass is 9.89. The number of nitrogens with zero attached hydrogens (tertiary/aromatic N) is 1. The van der Waals surface area contributed by atoms with Gasteiger partial charge in [-0.3, -0.25) is 4.90 Å². The molecule has 3 nitrogen and oxygen atoms in total. The van der Waals surface area contributed by atoms with Crippen molar-refractivity contribution in [2.75, 3.05) is 26.2 Å². The van der Waals surface area contributed by atoms with E-state index in [2.05, 4.69) is 26.1 Å². The lowest BCUT2D eigenvalue weighted by Gasteiger charge is -2.39. The van der Waals surface area contributed by atoms with Crippen molar-refractivity contribution in [3.8, 4) is 5.75 Å². The van der Waals surface area contributed by atoms with Crippen molar-refractivity contribution in [2.45, 2.75) is 31.7 Å². The zero-order valence-electron chi connectivity index (χ0n) is 12.1. The van der Waals surface area contributed by atoms with Gasteiger partial charge in [0.2, 0.25) is 0 Å². The van der Waals surface area contributed by atoms with Crippen molar-refractivity contribution in [2.24, 2.45) is 5.92 Å². The molecule has 1 heterocycles. The molecule has 1 aromatic carbocycles. The van der Waals surface area contributed by atoms with Gasteiger partial charge in [-0.2, -0.15) is 0 Å². The molecule has 0 amide bonds. The van der Waals surface area contributed by atoms with Gasteiger partial charge in [-0.15, -0.1) is 0 Å². The Bertz CT molecular complexity index is 499. The van der Waals surface area contributed by atoms with Crippen LogP contribution in [0.25, 0.3) is 0 Å². The molecule has 2 fully saturated rings. The first-order chi connectivity index (χ1) is 10.2. The molecule has 3 rings (SSSR count). The van der Waals surface area contributed by atoms with Gasteiger partial charge in [0.15, 0.2) is 11.6 Å². The minimum absolute atomic E-state index is 0.111. The standard InChI is InChI=1S/C16H22BrFN2O/c17-12-5-6-13(18)16(21)14(12)15(11-3-1-2-4-11)20-9-7-19-8-10-20/h5-6,11,15,19,21H,1-4,7-10H2/t15-/m0/s1. The fourth-order valence-corrected chi connectivity index (χ4v) is 4.34. The van der Waals surface area contributed by atoms with Crippen molar-refractivity contribution in [1.29, 1.82) is 0 Å². The monoisotopic (exact) mass is 356 g/mol. The number of nitrogens with one attached hydrogen (secondary N) is 1. The molecule has 21 heavy (non-hydrogen) atoms. The number of piperazine rings is 1. The van der Waals surface area contributed by atoms with Gasteiger partial charge in [0.1, 0.15) is 0 Å². The number of halogens is 2. The molecule has 0 spiro atoms. The largest absolute Gasteiger partial charge is 0.505 e. The molecule has 5 heteroatoms. The van der Waals surface area contributed by atoms with Gasteiger partial charge in [0, 0.05) is 42.3 Å². The van der Waals surface area contributed by atoms with Crippen LogP contribution in [0.4, 0.5) is 4.39 Å². The van der Waals surface area contributed by atoms with E-state index in [4.69, 9.17) is 0 Å². The van der Waals surface area contributed by atoms with E-state index in [1.54, 1.807) is 6.07 Å². The van der Waals surface area contributed by atoms with Crippen LogP contribution in [0.15, 0.2) is 16.6 Å². The molecule has 0 radical (unpaired) electrons. The van der Waals surface area contributed by atoms with Crippen LogP contribution in [0.1, 0.15) is 37.3 Å². The second-order valence-electron chi connectivity index (χ2n) is 6.07. The Morgan fingerprint density at radius 2 is 1.90 bits per heavy atom. The van der Waals surface area contributed by atoms with E-state index in [-0.39, 0.29) is 11.8 Å². The fourth-order valence-electron chi connectivity index (χ4n) is 3.79. The summed E-state index contributed by atoms with van der Waals surface area (Å²) in [6.45, 7) is 3.81. The molecule has 0 bridgehead atoms. The molecule has 1 aliphatic carbocycles. The molecule has 2 N–H and O–H groups in total. The molecule has 1 aromatic rings. The van der Waals surface area contributed by atoms with Gasteiger partial charge in [-0.1, -0.05) is 28.8 Å². The van der Waals surface area contributed by atoms with Crippen LogP contribution in [0.3, 0.4) is 0 Å². The molecular formula is C16H22BrFN2O. The Morgan fingerprint density at radius 3 is 2.57 bits per heavy atom. The summed E-state index contributed by atoms with van der Waals surface area (Å²) in [5.41, 5.74) is 0.740. The van der Waals surface area contributed by atoms with E-state index < -0.39 is 5.82 Å². The minimum Gasteiger partial charge on any atom is -0.505 e. The lowest BCUT2D eigenvalue weighted by Crippen LogP contribution is -2.46. The van der Waals surface area contributed by atoms with Gasteiger partial charge >= 0.3 is 0 Å². The summed E-state index contributed by atoms with van der Waals surface area (Å²) < 4.78 is 14.7. The van der Waals surface area contributed by atoms with Crippen LogP contribution in [0.5, 0.6) is 5.75 Å². The van der Waals surface area contributed by atoms with Gasteiger partial charge in [0.05, 0.1) is 0 Å². The van der Waals surface area contributed by atoms with Gasteiger partial charge < -0.3 is 10.4 Å². The highest BCUT2D eigenvalue weighted by Crippen LogP contribution is 2.45. The summed E-state index contributed by atoms with van der Waals surface area (Å²) >= 11 is 3.53. The Hall–Kier alpha value is -0.650. The quantitative estimate of drug-likeness (QED) is 0.870. The third-order valence-corrected chi connectivity index (χ3v) is 5.49. The Morgan fingerprint density at radius 1 is 1.24 bits per heavy atom. The SMILES string of the molecule is Oc1c(F)ccc(Br)c1[C@H](C1CCCC1)N1CCNCC1. The van der Waals surface area contributed by atoms with Gasteiger partial charge in [-0.05, 0) is 30.9 Å². The summed E-state index contributed by atoms with van der Waals surface area (Å²) in [6, 6.07) is 3.15. The van der Waals surface area contributed by atoms with Crippen LogP contribution >= 0.6 is 15.9 Å². The first-order valence-electron chi connectivity index (χ1n) is 7.80. The number of hydrogen-bond donors (Lipinski definition) is 2. The Labute approximate surface area is 133 Å². The van der Waals surface area contributed by atoms with Crippen molar-refractivity contribution in [3.63, 3.8) is 0 Å². The van der Waals surface area contributed by atoms with Crippen molar-refractivity contribution in [1.82, 2.24) is 10.2 Å². The minimum atomic E-state index is -0.522. The van der Waals surface area contributed by atoms with Gasteiger partial charge in [-0.25, -0.2) is 4.39 Å². The summed E-state index contributed by atoms with van der Waals surface area (Å²) in [5, 5.41) is 13.7. The van der Waals surface area contributed by atoms with Gasteiger partial charge in [0.25, 0.3) is 0 Å². The third kappa shape index (κ3) is 3.10. The molecule has 0 aromatic heterocycles. The average molecular weight is 357 g/mol. The zero-order chi connectivity index (χ0) is 14.8. The van der Waals surface area contributed by atoms with Crippen LogP contribution in [0.2, 0.25) is 0 Å². The number of phenols is 1. The summed E-state index contributed by atoms with van der Waals surface area (Å²) in [5.74, 6) is -0.196. The maximum atomic E-state index is 13.9. The molecule has 1 atom stereocenters. The highest BCUT2D eigenvalue weighted by Gasteiger charge is 2.35. The van der Waals surface area contributed by atoms with Crippen molar-refractivity contribution in [3.05, 3.63) is 28.0 Å². The zero-order valence-corrected chi connectivity index (χ0v) is 13.7. The Balaban J connectivity index is 1.99. The molecule has 116 valence electrons. The summed E-state index contributed by atoms with van der Waals surface area (Å²) in [6.07, 6.45) is 4.80. The summed E-state index contributed by atoms with van der Waals surface area (Å²) in [7, 11) is 0. The number of benzene rings is 1. The summed E-state index contributed by atoms with van der Waals surface area (Å²) in [4.78, 5) is 2.41. The van der Waals surface area contributed by atoms with E-state index in [0.29, 0.717) is 5.92 Å². The normalized spacial score (nSPS) is 22.6. The average Bonchev–Trinajstić information content (AvgIpc) is 3.02. The Kier molecular flexibility index (Phi) is 4.82. The van der Waals surface area contributed by atoms with Crippen molar-refractivity contribution >= 4 is 15.9 Å². The first kappa shape index (κ1) is 15.3. The highest BCUT2D eigenvalue weighted by molar-refractivity contribution is 9.10. The maximum Gasteiger partial charge on any atom is 0.165 e. The molecule has 1 saturated carbocycles. The number of rotatable bonds is 3. The predicted molar refractivity (Wildman–Crippen MR) is 84.9 cm³/mol. The number of hydrogen-bond acceptors (Lipinski definition) is 3. The molecule has 1 aliphatic heterocycles. The second-order valence-corrected chi connectivity index (χ2v) is 6.92. The molecule has 0 unspecified atom stereocenters. The van der Waals surface area contributed by atoms with E-state index >= 15 is 0 Å². The molecular weight excluding hydrogens is 335 g/mol. The maximum absolute atomic E-state index is 13.9. The predicted octanol–water partition coefficient (Wildman–Crippen LogP) is 3.43. The van der Waals surface area contributed by atoms with Crippen LogP contribution in [-0.2, 0) is 0 Å². The van der Waals surface area contributed by atoms with Crippen LogP contribution < -0.4 is 5.32 Å². The molecule has 1 saturated heterocycles. The van der Waals surface area contributed by atoms with E-state index in [1.807, 2.05) is 0 Å². The highest BCUT2D eigenvalue weighted by atomic mass is 79.9. The third-order valence-electron chi connectivity index (χ3n) is 4.80. The topological polar surface area (TPSA) is 35.5 Å².